The predicted octanol–water partition coefficient (Wildman–Crippen LogP) is 4.75. The molecular weight excluding hydrogens is 450 g/mol. The minimum Gasteiger partial charge on any atom is -0.481 e. The molecule has 1 aliphatic heterocycles. The summed E-state index contributed by atoms with van der Waals surface area (Å²) in [5.41, 5.74) is 5.39. The topological polar surface area (TPSA) is 71.5 Å². The fourth-order valence-corrected chi connectivity index (χ4v) is 4.95. The smallest absolute Gasteiger partial charge is 0.261 e. The monoisotopic (exact) mass is 483 g/mol. The molecular formula is C30H33N3O3. The van der Waals surface area contributed by atoms with Crippen molar-refractivity contribution in [2.24, 2.45) is 5.92 Å². The van der Waals surface area contributed by atoms with Gasteiger partial charge in [-0.15, -0.1) is 0 Å². The standard InChI is InChI=1S/C30H33N3O3/c1-3-27(29(34)32-19-24-9-4-5-15-31-24)36-25-13-12-21-14-16-33(30(35)22-10-11-22)28(26(21)18-25)23-8-6-7-20(2)17-23/h4-9,12-13,15,17-18,22,27-28H,3,10-11,14,16,19H2,1-2H3,(H,32,34)/t27-,28+/m0/s1. The van der Waals surface area contributed by atoms with Crippen molar-refractivity contribution < 1.29 is 14.3 Å². The molecule has 6 nitrogen and oxygen atoms in total. The largest absolute Gasteiger partial charge is 0.481 e. The highest BCUT2D eigenvalue weighted by molar-refractivity contribution is 5.82. The molecule has 2 atom stereocenters. The average molecular weight is 484 g/mol. The van der Waals surface area contributed by atoms with E-state index in [1.54, 1.807) is 6.20 Å². The Labute approximate surface area is 212 Å². The molecule has 1 N–H and O–H groups in total. The summed E-state index contributed by atoms with van der Waals surface area (Å²) in [5, 5.41) is 2.94. The van der Waals surface area contributed by atoms with Gasteiger partial charge in [0.1, 0.15) is 5.75 Å². The van der Waals surface area contributed by atoms with E-state index in [4.69, 9.17) is 4.74 Å². The number of benzene rings is 2. The maximum atomic E-state index is 13.3. The first-order valence-electron chi connectivity index (χ1n) is 12.9. The molecule has 2 aromatic carbocycles. The predicted molar refractivity (Wildman–Crippen MR) is 138 cm³/mol. The Morgan fingerprint density at radius 3 is 2.69 bits per heavy atom. The molecule has 1 aliphatic carbocycles. The van der Waals surface area contributed by atoms with Crippen LogP contribution in [0, 0.1) is 12.8 Å². The van der Waals surface area contributed by atoms with Crippen LogP contribution in [-0.2, 0) is 22.6 Å². The molecule has 0 unspecified atom stereocenters. The van der Waals surface area contributed by atoms with Crippen LogP contribution in [-0.4, -0.2) is 34.3 Å². The average Bonchev–Trinajstić information content (AvgIpc) is 3.75. The van der Waals surface area contributed by atoms with Crippen LogP contribution >= 0.6 is 0 Å². The number of aromatic nitrogens is 1. The van der Waals surface area contributed by atoms with Crippen molar-refractivity contribution in [2.75, 3.05) is 6.54 Å². The summed E-state index contributed by atoms with van der Waals surface area (Å²) in [6.45, 7) is 5.09. The molecule has 0 saturated heterocycles. The minimum atomic E-state index is -0.614. The lowest BCUT2D eigenvalue weighted by atomic mass is 9.87. The summed E-state index contributed by atoms with van der Waals surface area (Å²) in [6, 6.07) is 19.9. The lowest BCUT2D eigenvalue weighted by Crippen LogP contribution is -2.41. The molecule has 2 aliphatic rings. The van der Waals surface area contributed by atoms with Crippen molar-refractivity contribution in [3.63, 3.8) is 0 Å². The van der Waals surface area contributed by atoms with Crippen molar-refractivity contribution in [3.8, 4) is 5.75 Å². The van der Waals surface area contributed by atoms with Crippen LogP contribution in [0.2, 0.25) is 0 Å². The van der Waals surface area contributed by atoms with Gasteiger partial charge in [-0.1, -0.05) is 48.9 Å². The molecule has 2 amide bonds. The Morgan fingerprint density at radius 2 is 1.97 bits per heavy atom. The third-order valence-corrected chi connectivity index (χ3v) is 7.02. The fraction of sp³-hybridized carbons (Fsp3) is 0.367. The van der Waals surface area contributed by atoms with Gasteiger partial charge in [-0.3, -0.25) is 14.6 Å². The van der Waals surface area contributed by atoms with E-state index in [2.05, 4.69) is 52.5 Å². The molecule has 3 aromatic rings. The van der Waals surface area contributed by atoms with Crippen LogP contribution in [0.25, 0.3) is 0 Å². The van der Waals surface area contributed by atoms with Crippen molar-refractivity contribution in [2.45, 2.75) is 58.2 Å². The summed E-state index contributed by atoms with van der Waals surface area (Å²) >= 11 is 0. The molecule has 0 bridgehead atoms. The Morgan fingerprint density at radius 1 is 1.11 bits per heavy atom. The number of carbonyl (C=O) groups is 2. The van der Waals surface area contributed by atoms with Crippen LogP contribution in [0.15, 0.2) is 66.9 Å². The zero-order valence-corrected chi connectivity index (χ0v) is 20.9. The molecule has 1 aromatic heterocycles. The van der Waals surface area contributed by atoms with Crippen LogP contribution in [0.1, 0.15) is 60.2 Å². The number of hydrogen-bond donors (Lipinski definition) is 1. The molecule has 2 heterocycles. The summed E-state index contributed by atoms with van der Waals surface area (Å²) in [7, 11) is 0. The summed E-state index contributed by atoms with van der Waals surface area (Å²) < 4.78 is 6.21. The molecule has 1 fully saturated rings. The summed E-state index contributed by atoms with van der Waals surface area (Å²) in [6.07, 6.45) is 4.42. The Bertz CT molecular complexity index is 1240. The van der Waals surface area contributed by atoms with Crippen LogP contribution in [0.3, 0.4) is 0 Å². The van der Waals surface area contributed by atoms with E-state index in [0.717, 1.165) is 36.1 Å². The number of fused-ring (bicyclic) bond motifs is 1. The highest BCUT2D eigenvalue weighted by atomic mass is 16.5. The van der Waals surface area contributed by atoms with E-state index in [1.807, 2.05) is 37.3 Å². The summed E-state index contributed by atoms with van der Waals surface area (Å²) in [5.74, 6) is 0.887. The molecule has 36 heavy (non-hydrogen) atoms. The highest BCUT2D eigenvalue weighted by Crippen LogP contribution is 2.41. The van der Waals surface area contributed by atoms with Gasteiger partial charge in [-0.2, -0.15) is 0 Å². The normalized spacial score (nSPS) is 17.7. The molecule has 6 heteroatoms. The number of rotatable bonds is 8. The fourth-order valence-electron chi connectivity index (χ4n) is 4.95. The Balaban J connectivity index is 1.39. The van der Waals surface area contributed by atoms with E-state index in [9.17, 15) is 9.59 Å². The molecule has 5 rings (SSSR count). The number of ether oxygens (including phenoxy) is 1. The quantitative estimate of drug-likeness (QED) is 0.502. The van der Waals surface area contributed by atoms with E-state index in [-0.39, 0.29) is 23.8 Å². The maximum Gasteiger partial charge on any atom is 0.261 e. The van der Waals surface area contributed by atoms with Crippen molar-refractivity contribution in [1.82, 2.24) is 15.2 Å². The van der Waals surface area contributed by atoms with Crippen LogP contribution < -0.4 is 10.1 Å². The Kier molecular flexibility index (Phi) is 7.03. The van der Waals surface area contributed by atoms with E-state index < -0.39 is 6.10 Å². The number of carbonyl (C=O) groups excluding carboxylic acids is 2. The van der Waals surface area contributed by atoms with Crippen molar-refractivity contribution >= 4 is 11.8 Å². The molecule has 0 radical (unpaired) electrons. The Hall–Kier alpha value is -3.67. The van der Waals surface area contributed by atoms with E-state index in [0.29, 0.717) is 25.3 Å². The lowest BCUT2D eigenvalue weighted by Gasteiger charge is -2.38. The lowest BCUT2D eigenvalue weighted by molar-refractivity contribution is -0.134. The summed E-state index contributed by atoms with van der Waals surface area (Å²) in [4.78, 5) is 32.4. The zero-order chi connectivity index (χ0) is 25.1. The number of pyridine rings is 1. The maximum absolute atomic E-state index is 13.3. The molecule has 0 spiro atoms. The zero-order valence-electron chi connectivity index (χ0n) is 20.9. The number of hydrogen-bond acceptors (Lipinski definition) is 4. The first-order valence-corrected chi connectivity index (χ1v) is 12.9. The number of amides is 2. The molecule has 1 saturated carbocycles. The SMILES string of the molecule is CC[C@H](Oc1ccc2c(c1)[C@@H](c1cccc(C)c1)N(C(=O)C1CC1)CC2)C(=O)NCc1ccccn1. The van der Waals surface area contributed by atoms with Gasteiger partial charge in [0.2, 0.25) is 5.91 Å². The van der Waals surface area contributed by atoms with Gasteiger partial charge in [0.25, 0.3) is 5.91 Å². The van der Waals surface area contributed by atoms with Crippen molar-refractivity contribution in [1.29, 1.82) is 0 Å². The third kappa shape index (κ3) is 5.27. The van der Waals surface area contributed by atoms with Gasteiger partial charge < -0.3 is 15.0 Å². The van der Waals surface area contributed by atoms with Gasteiger partial charge >= 0.3 is 0 Å². The van der Waals surface area contributed by atoms with Gasteiger partial charge in [-0.05, 0) is 73.6 Å². The second-order valence-corrected chi connectivity index (χ2v) is 9.79. The molecule has 186 valence electrons. The van der Waals surface area contributed by atoms with Crippen molar-refractivity contribution in [3.05, 3.63) is 94.8 Å². The van der Waals surface area contributed by atoms with E-state index >= 15 is 0 Å². The van der Waals surface area contributed by atoms with Gasteiger partial charge in [0, 0.05) is 18.7 Å². The van der Waals surface area contributed by atoms with Crippen LogP contribution in [0.5, 0.6) is 5.75 Å². The van der Waals surface area contributed by atoms with E-state index in [1.165, 1.54) is 11.1 Å². The van der Waals surface area contributed by atoms with Gasteiger partial charge in [0.05, 0.1) is 18.3 Å². The second-order valence-electron chi connectivity index (χ2n) is 9.79. The first-order chi connectivity index (χ1) is 17.5. The van der Waals surface area contributed by atoms with Crippen LogP contribution in [0.4, 0.5) is 0 Å². The highest BCUT2D eigenvalue weighted by Gasteiger charge is 2.39. The third-order valence-electron chi connectivity index (χ3n) is 7.02. The minimum absolute atomic E-state index is 0.150. The number of nitrogens with one attached hydrogen (secondary N) is 1. The second kappa shape index (κ2) is 10.5. The number of aryl methyl sites for hydroxylation is 1. The first kappa shape index (κ1) is 24.0. The van der Waals surface area contributed by atoms with Gasteiger partial charge in [0.15, 0.2) is 6.10 Å². The number of nitrogens with zero attached hydrogens (tertiary/aromatic N) is 2. The van der Waals surface area contributed by atoms with Gasteiger partial charge in [-0.25, -0.2) is 0 Å².